The molecule has 2 aliphatic rings. The predicted octanol–water partition coefficient (Wildman–Crippen LogP) is 3.49. The molecule has 27 heavy (non-hydrogen) atoms. The third-order valence-corrected chi connectivity index (χ3v) is 5.94. The molecule has 1 saturated heterocycles. The smallest absolute Gasteiger partial charge is 0.252 e. The van der Waals surface area contributed by atoms with Crippen molar-refractivity contribution in [1.82, 2.24) is 10.6 Å². The van der Waals surface area contributed by atoms with Gasteiger partial charge in [0.25, 0.3) is 5.91 Å². The zero-order chi connectivity index (χ0) is 18.8. The first-order valence-electron chi connectivity index (χ1n) is 9.86. The van der Waals surface area contributed by atoms with Gasteiger partial charge in [0.1, 0.15) is 0 Å². The first kappa shape index (κ1) is 17.9. The van der Waals surface area contributed by atoms with Gasteiger partial charge >= 0.3 is 0 Å². The summed E-state index contributed by atoms with van der Waals surface area (Å²) >= 11 is 0. The molecule has 1 saturated carbocycles. The zero-order valence-corrected chi connectivity index (χ0v) is 15.7. The molecule has 4 nitrogen and oxygen atoms in total. The summed E-state index contributed by atoms with van der Waals surface area (Å²) < 4.78 is 0. The van der Waals surface area contributed by atoms with E-state index < -0.39 is 0 Å². The molecule has 1 aliphatic carbocycles. The summed E-state index contributed by atoms with van der Waals surface area (Å²) in [4.78, 5) is 25.7. The van der Waals surface area contributed by atoms with E-state index in [1.54, 1.807) is 24.3 Å². The Morgan fingerprint density at radius 1 is 1.04 bits per heavy atom. The van der Waals surface area contributed by atoms with Crippen LogP contribution in [0.2, 0.25) is 0 Å². The summed E-state index contributed by atoms with van der Waals surface area (Å²) in [6.07, 6.45) is 5.00. The van der Waals surface area contributed by atoms with Crippen LogP contribution in [0.1, 0.15) is 57.5 Å². The van der Waals surface area contributed by atoms with Crippen LogP contribution in [0.3, 0.4) is 0 Å². The molecule has 140 valence electrons. The Bertz CT molecular complexity index is 832. The lowest BCUT2D eigenvalue weighted by molar-refractivity contribution is 0.0939. The van der Waals surface area contributed by atoms with E-state index in [1.165, 1.54) is 19.3 Å². The van der Waals surface area contributed by atoms with Crippen LogP contribution < -0.4 is 10.6 Å². The quantitative estimate of drug-likeness (QED) is 0.801. The molecular formula is C23H26N2O2. The molecule has 0 radical (unpaired) electrons. The number of nitrogens with one attached hydrogen (secondary N) is 2. The maximum atomic E-state index is 12.9. The van der Waals surface area contributed by atoms with Gasteiger partial charge in [-0.25, -0.2) is 0 Å². The Labute approximate surface area is 160 Å². The van der Waals surface area contributed by atoms with E-state index in [1.807, 2.05) is 31.2 Å². The molecular weight excluding hydrogens is 336 g/mol. The molecule has 0 unspecified atom stereocenters. The van der Waals surface area contributed by atoms with E-state index in [9.17, 15) is 9.59 Å². The van der Waals surface area contributed by atoms with Gasteiger partial charge in [-0.05, 0) is 38.2 Å². The van der Waals surface area contributed by atoms with Crippen LogP contribution in [-0.2, 0) is 0 Å². The maximum Gasteiger partial charge on any atom is 0.252 e. The van der Waals surface area contributed by atoms with Gasteiger partial charge in [-0.15, -0.1) is 0 Å². The van der Waals surface area contributed by atoms with Gasteiger partial charge < -0.3 is 10.6 Å². The number of hydrogen-bond acceptors (Lipinski definition) is 3. The van der Waals surface area contributed by atoms with Gasteiger partial charge in [0.15, 0.2) is 5.78 Å². The SMILES string of the molecule is Cc1ccc(C(=O)c2ccccc2C(=O)NC[C@@H]2C[C@@H]3CCC[C@@H]3N2)cc1. The standard InChI is InChI=1S/C23H26N2O2/c1-15-9-11-16(12-10-15)22(26)19-6-2-3-7-20(19)23(27)24-14-18-13-17-5-4-8-21(17)25-18/h2-3,6-7,9-12,17-18,21,25H,4-5,8,13-14H2,1H3,(H,24,27)/t17-,18-,21-/m0/s1. The third-order valence-electron chi connectivity index (χ3n) is 5.94. The van der Waals surface area contributed by atoms with Crippen LogP contribution in [0.4, 0.5) is 0 Å². The molecule has 0 aromatic heterocycles. The molecule has 2 N–H and O–H groups in total. The van der Waals surface area contributed by atoms with Crippen LogP contribution in [0, 0.1) is 12.8 Å². The van der Waals surface area contributed by atoms with Crippen molar-refractivity contribution in [3.63, 3.8) is 0 Å². The number of hydrogen-bond donors (Lipinski definition) is 2. The predicted molar refractivity (Wildman–Crippen MR) is 106 cm³/mol. The van der Waals surface area contributed by atoms with E-state index in [2.05, 4.69) is 10.6 Å². The highest BCUT2D eigenvalue weighted by Crippen LogP contribution is 2.34. The fourth-order valence-electron chi connectivity index (χ4n) is 4.47. The summed E-state index contributed by atoms with van der Waals surface area (Å²) in [5.74, 6) is 0.474. The lowest BCUT2D eigenvalue weighted by Crippen LogP contribution is -2.39. The topological polar surface area (TPSA) is 58.2 Å². The van der Waals surface area contributed by atoms with E-state index in [4.69, 9.17) is 0 Å². The summed E-state index contributed by atoms with van der Waals surface area (Å²) in [7, 11) is 0. The van der Waals surface area contributed by atoms with Crippen molar-refractivity contribution in [1.29, 1.82) is 0 Å². The highest BCUT2D eigenvalue weighted by Gasteiger charge is 2.36. The minimum Gasteiger partial charge on any atom is -0.350 e. The summed E-state index contributed by atoms with van der Waals surface area (Å²) in [5.41, 5.74) is 2.61. The fraction of sp³-hybridized carbons (Fsp3) is 0.391. The normalized spacial score (nSPS) is 23.8. The first-order valence-corrected chi connectivity index (χ1v) is 9.86. The number of rotatable bonds is 5. The van der Waals surface area contributed by atoms with Gasteiger partial charge in [-0.1, -0.05) is 54.4 Å². The molecule has 0 spiro atoms. The number of ketones is 1. The molecule has 2 aromatic rings. The molecule has 4 rings (SSSR count). The van der Waals surface area contributed by atoms with Gasteiger partial charge in [-0.3, -0.25) is 9.59 Å². The fourth-order valence-corrected chi connectivity index (χ4v) is 4.47. The molecule has 0 bridgehead atoms. The average molecular weight is 362 g/mol. The average Bonchev–Trinajstić information content (AvgIpc) is 3.28. The van der Waals surface area contributed by atoms with Crippen molar-refractivity contribution in [3.8, 4) is 0 Å². The minimum absolute atomic E-state index is 0.116. The van der Waals surface area contributed by atoms with Crippen molar-refractivity contribution in [2.24, 2.45) is 5.92 Å². The second kappa shape index (κ2) is 7.65. The molecule has 1 heterocycles. The second-order valence-electron chi connectivity index (χ2n) is 7.85. The van der Waals surface area contributed by atoms with Gasteiger partial charge in [0, 0.05) is 29.8 Å². The third kappa shape index (κ3) is 3.81. The van der Waals surface area contributed by atoms with Crippen molar-refractivity contribution in [3.05, 3.63) is 70.8 Å². The first-order chi connectivity index (χ1) is 13.1. The van der Waals surface area contributed by atoms with Crippen LogP contribution in [0.15, 0.2) is 48.5 Å². The van der Waals surface area contributed by atoms with Crippen molar-refractivity contribution in [2.75, 3.05) is 6.54 Å². The molecule has 1 amide bonds. The summed E-state index contributed by atoms with van der Waals surface area (Å²) in [6, 6.07) is 15.5. The minimum atomic E-state index is -0.176. The Morgan fingerprint density at radius 2 is 1.78 bits per heavy atom. The highest BCUT2D eigenvalue weighted by atomic mass is 16.2. The van der Waals surface area contributed by atoms with Gasteiger partial charge in [0.05, 0.1) is 5.56 Å². The van der Waals surface area contributed by atoms with Crippen molar-refractivity contribution >= 4 is 11.7 Å². The van der Waals surface area contributed by atoms with Crippen LogP contribution in [0.5, 0.6) is 0 Å². The number of benzene rings is 2. The van der Waals surface area contributed by atoms with Gasteiger partial charge in [0.2, 0.25) is 0 Å². The monoisotopic (exact) mass is 362 g/mol. The lowest BCUT2D eigenvalue weighted by atomic mass is 9.97. The molecule has 3 atom stereocenters. The van der Waals surface area contributed by atoms with Gasteiger partial charge in [-0.2, -0.15) is 0 Å². The maximum absolute atomic E-state index is 12.9. The number of amides is 1. The molecule has 1 aliphatic heterocycles. The Kier molecular flexibility index (Phi) is 5.08. The van der Waals surface area contributed by atoms with Crippen LogP contribution in [0.25, 0.3) is 0 Å². The number of fused-ring (bicyclic) bond motifs is 1. The molecule has 4 heteroatoms. The van der Waals surface area contributed by atoms with E-state index >= 15 is 0 Å². The summed E-state index contributed by atoms with van der Waals surface area (Å²) in [6.45, 7) is 2.60. The number of carbonyl (C=O) groups is 2. The van der Waals surface area contributed by atoms with E-state index in [0.717, 1.165) is 17.9 Å². The van der Waals surface area contributed by atoms with E-state index in [0.29, 0.717) is 35.3 Å². The van der Waals surface area contributed by atoms with Crippen molar-refractivity contribution < 1.29 is 9.59 Å². The second-order valence-corrected chi connectivity index (χ2v) is 7.85. The highest BCUT2D eigenvalue weighted by molar-refractivity contribution is 6.15. The van der Waals surface area contributed by atoms with Crippen molar-refractivity contribution in [2.45, 2.75) is 44.7 Å². The zero-order valence-electron chi connectivity index (χ0n) is 15.7. The van der Waals surface area contributed by atoms with Crippen LogP contribution >= 0.6 is 0 Å². The number of carbonyl (C=O) groups excluding carboxylic acids is 2. The largest absolute Gasteiger partial charge is 0.350 e. The summed E-state index contributed by atoms with van der Waals surface area (Å²) in [5, 5.41) is 6.68. The van der Waals surface area contributed by atoms with E-state index in [-0.39, 0.29) is 11.7 Å². The molecule has 2 fully saturated rings. The van der Waals surface area contributed by atoms with Crippen LogP contribution in [-0.4, -0.2) is 30.3 Å². The Morgan fingerprint density at radius 3 is 2.52 bits per heavy atom. The Balaban J connectivity index is 1.44. The molecule has 2 aromatic carbocycles. The lowest BCUT2D eigenvalue weighted by Gasteiger charge is -2.15. The Hall–Kier alpha value is -2.46. The number of aryl methyl sites for hydroxylation is 1.